The Labute approximate surface area is 198 Å². The maximum atomic E-state index is 12.4. The summed E-state index contributed by atoms with van der Waals surface area (Å²) in [6.07, 6.45) is 8.87. The lowest BCUT2D eigenvalue weighted by Crippen LogP contribution is -2.68. The first-order chi connectivity index (χ1) is 15.3. The highest BCUT2D eigenvalue weighted by Gasteiger charge is 2.69. The molecule has 0 aromatic carbocycles. The van der Waals surface area contributed by atoms with Gasteiger partial charge in [0.2, 0.25) is 0 Å². The van der Waals surface area contributed by atoms with E-state index in [1.807, 2.05) is 13.0 Å². The van der Waals surface area contributed by atoms with E-state index in [0.717, 1.165) is 32.0 Å². The summed E-state index contributed by atoms with van der Waals surface area (Å²) in [5.41, 5.74) is -0.206. The number of fused-ring (bicyclic) bond motifs is 5. The van der Waals surface area contributed by atoms with Gasteiger partial charge in [-0.1, -0.05) is 40.2 Å². The highest BCUT2D eigenvalue weighted by molar-refractivity contribution is 5.97. The molecule has 3 fully saturated rings. The lowest BCUT2D eigenvalue weighted by molar-refractivity contribution is -0.246. The van der Waals surface area contributed by atoms with Gasteiger partial charge in [0, 0.05) is 23.3 Å². The number of aliphatic hydroxyl groups is 1. The Morgan fingerprint density at radius 1 is 1.09 bits per heavy atom. The summed E-state index contributed by atoms with van der Waals surface area (Å²) >= 11 is 0. The minimum atomic E-state index is -0.684. The number of aliphatic hydroxyl groups excluding tert-OH is 1. The number of ether oxygens (including phenoxy) is 1. The second kappa shape index (κ2) is 8.03. The molecule has 0 saturated heterocycles. The van der Waals surface area contributed by atoms with E-state index in [4.69, 9.17) is 4.74 Å². The molecule has 1 unspecified atom stereocenters. The topological polar surface area (TPSA) is 80.7 Å². The van der Waals surface area contributed by atoms with Gasteiger partial charge in [0.25, 0.3) is 0 Å². The molecule has 33 heavy (non-hydrogen) atoms. The largest absolute Gasteiger partial charge is 0.465 e. The van der Waals surface area contributed by atoms with E-state index >= 15 is 0 Å². The van der Waals surface area contributed by atoms with Crippen LogP contribution in [0.15, 0.2) is 11.6 Å². The number of aldehydes is 1. The van der Waals surface area contributed by atoms with Crippen molar-refractivity contribution in [2.75, 3.05) is 6.61 Å². The summed E-state index contributed by atoms with van der Waals surface area (Å²) in [4.78, 5) is 36.6. The Kier molecular flexibility index (Phi) is 6.00. The zero-order valence-corrected chi connectivity index (χ0v) is 21.3. The van der Waals surface area contributed by atoms with Crippen LogP contribution >= 0.6 is 0 Å². The van der Waals surface area contributed by atoms with Crippen molar-refractivity contribution in [2.45, 2.75) is 92.6 Å². The van der Waals surface area contributed by atoms with Crippen molar-refractivity contribution in [1.82, 2.24) is 0 Å². The van der Waals surface area contributed by atoms with Gasteiger partial charge in [-0.2, -0.15) is 0 Å². The lowest BCUT2D eigenvalue weighted by Gasteiger charge is -2.70. The van der Waals surface area contributed by atoms with Gasteiger partial charge in [-0.25, -0.2) is 0 Å². The number of hydrogen-bond donors (Lipinski definition) is 1. The van der Waals surface area contributed by atoms with Crippen LogP contribution < -0.4 is 0 Å². The van der Waals surface area contributed by atoms with Crippen molar-refractivity contribution >= 4 is 18.0 Å². The van der Waals surface area contributed by atoms with E-state index in [2.05, 4.69) is 20.8 Å². The Hall–Kier alpha value is -1.49. The molecule has 0 radical (unpaired) electrons. The lowest BCUT2D eigenvalue weighted by atomic mass is 9.34. The molecule has 4 aliphatic carbocycles. The number of hydrogen-bond acceptors (Lipinski definition) is 5. The van der Waals surface area contributed by atoms with Crippen molar-refractivity contribution in [3.8, 4) is 0 Å². The van der Waals surface area contributed by atoms with Crippen LogP contribution in [0.4, 0.5) is 0 Å². The van der Waals surface area contributed by atoms with Crippen LogP contribution in [0.25, 0.3) is 0 Å². The van der Waals surface area contributed by atoms with Crippen molar-refractivity contribution in [2.24, 2.45) is 45.3 Å². The molecular formula is C28H42O5. The van der Waals surface area contributed by atoms with E-state index in [0.29, 0.717) is 30.9 Å². The highest BCUT2D eigenvalue weighted by atomic mass is 16.5. The van der Waals surface area contributed by atoms with E-state index in [9.17, 15) is 19.5 Å². The monoisotopic (exact) mass is 458 g/mol. The van der Waals surface area contributed by atoms with Gasteiger partial charge in [0.1, 0.15) is 6.29 Å². The molecule has 0 heterocycles. The van der Waals surface area contributed by atoms with E-state index in [1.165, 1.54) is 20.3 Å². The zero-order valence-electron chi connectivity index (χ0n) is 21.3. The second-order valence-corrected chi connectivity index (χ2v) is 12.7. The van der Waals surface area contributed by atoms with Crippen LogP contribution in [-0.2, 0) is 19.1 Å². The Balaban J connectivity index is 1.83. The minimum Gasteiger partial charge on any atom is -0.465 e. The first kappa shape index (κ1) is 24.6. The van der Waals surface area contributed by atoms with Gasteiger partial charge >= 0.3 is 5.97 Å². The minimum absolute atomic E-state index is 0.0738. The summed E-state index contributed by atoms with van der Waals surface area (Å²) in [6, 6.07) is 0. The molecule has 5 heteroatoms. The van der Waals surface area contributed by atoms with Crippen molar-refractivity contribution in [1.29, 1.82) is 0 Å². The van der Waals surface area contributed by atoms with E-state index in [1.54, 1.807) is 0 Å². The first-order valence-electron chi connectivity index (χ1n) is 12.8. The van der Waals surface area contributed by atoms with Crippen LogP contribution in [0.3, 0.4) is 0 Å². The number of allylic oxidation sites excluding steroid dienone is 2. The van der Waals surface area contributed by atoms with Crippen LogP contribution in [0, 0.1) is 45.3 Å². The molecule has 0 amide bonds. The fraction of sp³-hybridized carbons (Fsp3) is 0.821. The number of Topliss-reactive ketones (excluding diaryl/α,β-unsaturated/α-hetero) is 1. The maximum Gasteiger partial charge on any atom is 0.302 e. The zero-order chi connectivity index (χ0) is 24.4. The molecule has 0 aromatic rings. The van der Waals surface area contributed by atoms with Crippen LogP contribution in [0.5, 0.6) is 0 Å². The summed E-state index contributed by atoms with van der Waals surface area (Å²) in [5, 5.41) is 11.7. The number of ketones is 1. The molecule has 3 saturated carbocycles. The molecule has 184 valence electrons. The predicted molar refractivity (Wildman–Crippen MR) is 126 cm³/mol. The average Bonchev–Trinajstić information content (AvgIpc) is 2.72. The van der Waals surface area contributed by atoms with Gasteiger partial charge in [-0.15, -0.1) is 0 Å². The SMILES string of the molecule is CC(=O)OC[C@]12CCCC(C)(C)C1CC[C@]1(C)[C@@H]2C[C@@H](O)[C@]2(C)[C@@H](C=O)C(C(C)=O)=CC[C@@H]12. The second-order valence-electron chi connectivity index (χ2n) is 12.7. The fourth-order valence-electron chi connectivity index (χ4n) is 9.47. The summed E-state index contributed by atoms with van der Waals surface area (Å²) in [5.74, 6) is -0.163. The molecule has 1 N–H and O–H groups in total. The van der Waals surface area contributed by atoms with Gasteiger partial charge in [0.15, 0.2) is 5.78 Å². The molecule has 5 nitrogen and oxygen atoms in total. The maximum absolute atomic E-state index is 12.4. The number of carbonyl (C=O) groups excluding carboxylic acids is 3. The summed E-state index contributed by atoms with van der Waals surface area (Å²) in [7, 11) is 0. The van der Waals surface area contributed by atoms with Gasteiger partial charge in [-0.3, -0.25) is 9.59 Å². The quantitative estimate of drug-likeness (QED) is 0.479. The molecule has 4 aliphatic rings. The van der Waals surface area contributed by atoms with Gasteiger partial charge in [-0.05, 0) is 74.0 Å². The van der Waals surface area contributed by atoms with Gasteiger partial charge in [0.05, 0.1) is 18.6 Å². The average molecular weight is 459 g/mol. The number of esters is 1. The molecule has 8 atom stereocenters. The standard InChI is InChI=1S/C28H42O5/c1-17(30)19-8-9-22-26(5)13-10-21-25(3,4)11-7-12-28(21,16-33-18(2)31)23(26)14-24(32)27(22,6)20(19)15-29/h8,15,20-24,32H,7,9-14,16H2,1-6H3/t20-,21?,22-,23-,24+,26-,27+,28+/m0/s1. The molecule has 0 aromatic heterocycles. The molecule has 0 bridgehead atoms. The van der Waals surface area contributed by atoms with Crippen LogP contribution in [-0.4, -0.2) is 35.9 Å². The van der Waals surface area contributed by atoms with Crippen LogP contribution in [0.1, 0.15) is 86.5 Å². The summed E-state index contributed by atoms with van der Waals surface area (Å²) < 4.78 is 5.78. The van der Waals surface area contributed by atoms with E-state index in [-0.39, 0.29) is 39.8 Å². The highest BCUT2D eigenvalue weighted by Crippen LogP contribution is 2.73. The molecular weight excluding hydrogens is 416 g/mol. The molecule has 4 rings (SSSR count). The third kappa shape index (κ3) is 3.39. The fourth-order valence-corrected chi connectivity index (χ4v) is 9.47. The van der Waals surface area contributed by atoms with Crippen LogP contribution in [0.2, 0.25) is 0 Å². The van der Waals surface area contributed by atoms with Crippen molar-refractivity contribution in [3.63, 3.8) is 0 Å². The third-order valence-electron chi connectivity index (χ3n) is 11.0. The number of carbonyl (C=O) groups is 3. The smallest absolute Gasteiger partial charge is 0.302 e. The predicted octanol–water partition coefficient (Wildman–Crippen LogP) is 4.90. The molecule has 0 aliphatic heterocycles. The molecule has 0 spiro atoms. The van der Waals surface area contributed by atoms with E-state index < -0.39 is 17.4 Å². The number of rotatable bonds is 4. The van der Waals surface area contributed by atoms with Gasteiger partial charge < -0.3 is 14.6 Å². The van der Waals surface area contributed by atoms with Crippen molar-refractivity contribution in [3.05, 3.63) is 11.6 Å². The Bertz CT molecular complexity index is 874. The third-order valence-corrected chi connectivity index (χ3v) is 11.0. The summed E-state index contributed by atoms with van der Waals surface area (Å²) in [6.45, 7) is 12.5. The Morgan fingerprint density at radius 3 is 2.39 bits per heavy atom. The van der Waals surface area contributed by atoms with Crippen molar-refractivity contribution < 1.29 is 24.2 Å². The normalized spacial score (nSPS) is 46.2. The first-order valence-corrected chi connectivity index (χ1v) is 12.8. The Morgan fingerprint density at radius 2 is 1.79 bits per heavy atom.